The highest BCUT2D eigenvalue weighted by molar-refractivity contribution is 5.76. The van der Waals surface area contributed by atoms with Crippen molar-refractivity contribution < 1.29 is 9.69 Å². The SMILES string of the molecule is C[NH+](C)CCCNC(=O)CC1(C2CCCCC2)CCCCCCC1. The molecule has 0 aromatic heterocycles. The fourth-order valence-electron chi connectivity index (χ4n) is 5.11. The summed E-state index contributed by atoms with van der Waals surface area (Å²) >= 11 is 0. The summed E-state index contributed by atoms with van der Waals surface area (Å²) in [4.78, 5) is 14.1. The van der Waals surface area contributed by atoms with Gasteiger partial charge in [-0.05, 0) is 37.0 Å². The van der Waals surface area contributed by atoms with Gasteiger partial charge in [-0.3, -0.25) is 4.79 Å². The van der Waals surface area contributed by atoms with Gasteiger partial charge in [-0.1, -0.05) is 51.4 Å². The second-order valence-electron chi connectivity index (χ2n) is 8.80. The van der Waals surface area contributed by atoms with Gasteiger partial charge in [0.25, 0.3) is 0 Å². The molecular weight excluding hydrogens is 296 g/mol. The van der Waals surface area contributed by atoms with Gasteiger partial charge in [0.05, 0.1) is 20.6 Å². The molecule has 0 bridgehead atoms. The lowest BCUT2D eigenvalue weighted by Gasteiger charge is -2.44. The van der Waals surface area contributed by atoms with Gasteiger partial charge in [0.15, 0.2) is 0 Å². The molecule has 2 rings (SSSR count). The number of carbonyl (C=O) groups excluding carboxylic acids is 1. The van der Waals surface area contributed by atoms with Crippen molar-refractivity contribution in [2.45, 2.75) is 89.9 Å². The largest absolute Gasteiger partial charge is 0.356 e. The Balaban J connectivity index is 1.92. The molecule has 0 heterocycles. The molecule has 1 amide bonds. The first kappa shape index (κ1) is 19.8. The zero-order valence-electron chi connectivity index (χ0n) is 16.3. The molecule has 0 radical (unpaired) electrons. The van der Waals surface area contributed by atoms with Crippen LogP contribution in [0.2, 0.25) is 0 Å². The van der Waals surface area contributed by atoms with Gasteiger partial charge < -0.3 is 10.2 Å². The molecule has 0 aliphatic heterocycles. The van der Waals surface area contributed by atoms with E-state index in [0.717, 1.165) is 31.8 Å². The van der Waals surface area contributed by atoms with E-state index in [4.69, 9.17) is 0 Å². The number of hydrogen-bond acceptors (Lipinski definition) is 1. The maximum atomic E-state index is 12.7. The quantitative estimate of drug-likeness (QED) is 0.686. The summed E-state index contributed by atoms with van der Waals surface area (Å²) in [6.07, 6.45) is 18.3. The molecule has 2 N–H and O–H groups in total. The summed E-state index contributed by atoms with van der Waals surface area (Å²) in [5.74, 6) is 1.14. The number of carbonyl (C=O) groups is 1. The van der Waals surface area contributed by atoms with Gasteiger partial charge in [-0.25, -0.2) is 0 Å². The third-order valence-electron chi connectivity index (χ3n) is 6.51. The van der Waals surface area contributed by atoms with Crippen LogP contribution in [0.4, 0.5) is 0 Å². The van der Waals surface area contributed by atoms with Gasteiger partial charge >= 0.3 is 0 Å². The normalized spacial score (nSPS) is 22.8. The summed E-state index contributed by atoms with van der Waals surface area (Å²) in [6.45, 7) is 1.98. The predicted molar refractivity (Wildman–Crippen MR) is 101 cm³/mol. The Labute approximate surface area is 149 Å². The lowest BCUT2D eigenvalue weighted by molar-refractivity contribution is -0.858. The van der Waals surface area contributed by atoms with E-state index in [2.05, 4.69) is 19.4 Å². The van der Waals surface area contributed by atoms with Crippen molar-refractivity contribution in [2.75, 3.05) is 27.2 Å². The average molecular weight is 338 g/mol. The van der Waals surface area contributed by atoms with Crippen LogP contribution in [-0.2, 0) is 4.79 Å². The smallest absolute Gasteiger partial charge is 0.220 e. The number of nitrogens with one attached hydrogen (secondary N) is 2. The molecule has 24 heavy (non-hydrogen) atoms. The fourth-order valence-corrected chi connectivity index (χ4v) is 5.11. The number of amides is 1. The van der Waals surface area contributed by atoms with Gasteiger partial charge in [0, 0.05) is 19.4 Å². The van der Waals surface area contributed by atoms with Crippen molar-refractivity contribution in [1.82, 2.24) is 5.32 Å². The summed E-state index contributed by atoms with van der Waals surface area (Å²) < 4.78 is 0. The van der Waals surface area contributed by atoms with E-state index >= 15 is 0 Å². The first-order chi connectivity index (χ1) is 11.6. The Morgan fingerprint density at radius 2 is 1.54 bits per heavy atom. The van der Waals surface area contributed by atoms with Gasteiger partial charge in [0.2, 0.25) is 5.91 Å². The molecule has 2 saturated carbocycles. The Morgan fingerprint density at radius 1 is 0.958 bits per heavy atom. The average Bonchev–Trinajstić information content (AvgIpc) is 2.55. The van der Waals surface area contributed by atoms with E-state index < -0.39 is 0 Å². The van der Waals surface area contributed by atoms with Crippen molar-refractivity contribution in [1.29, 1.82) is 0 Å². The molecule has 2 aliphatic rings. The van der Waals surface area contributed by atoms with Gasteiger partial charge in [0.1, 0.15) is 0 Å². The van der Waals surface area contributed by atoms with E-state index in [1.165, 1.54) is 81.9 Å². The number of hydrogen-bond donors (Lipinski definition) is 2. The Bertz CT molecular complexity index is 353. The summed E-state index contributed by atoms with van der Waals surface area (Å²) in [5, 5.41) is 3.23. The van der Waals surface area contributed by atoms with Crippen LogP contribution in [0.5, 0.6) is 0 Å². The zero-order chi connectivity index (χ0) is 17.3. The Morgan fingerprint density at radius 3 is 2.17 bits per heavy atom. The predicted octanol–water partition coefficient (Wildman–Crippen LogP) is 3.34. The Hall–Kier alpha value is -0.570. The van der Waals surface area contributed by atoms with E-state index in [0.29, 0.717) is 11.3 Å². The van der Waals surface area contributed by atoms with Crippen molar-refractivity contribution in [2.24, 2.45) is 11.3 Å². The minimum Gasteiger partial charge on any atom is -0.356 e. The number of rotatable bonds is 7. The molecular formula is C21H41N2O+. The molecule has 2 fully saturated rings. The van der Waals surface area contributed by atoms with Crippen molar-refractivity contribution >= 4 is 5.91 Å². The van der Waals surface area contributed by atoms with Crippen molar-refractivity contribution in [3.05, 3.63) is 0 Å². The molecule has 2 aliphatic carbocycles. The van der Waals surface area contributed by atoms with Crippen LogP contribution < -0.4 is 10.2 Å². The van der Waals surface area contributed by atoms with Crippen LogP contribution in [0.1, 0.15) is 89.9 Å². The van der Waals surface area contributed by atoms with E-state index in [9.17, 15) is 4.79 Å². The summed E-state index contributed by atoms with van der Waals surface area (Å²) in [6, 6.07) is 0. The third kappa shape index (κ3) is 6.38. The molecule has 0 aromatic rings. The standard InChI is InChI=1S/C21H40N2O/c1-23(2)17-11-16-22-20(24)18-21(19-12-7-6-8-13-19)14-9-4-3-5-10-15-21/h19H,3-18H2,1-2H3,(H,22,24)/p+1. The second-order valence-corrected chi connectivity index (χ2v) is 8.80. The van der Waals surface area contributed by atoms with Crippen molar-refractivity contribution in [3.63, 3.8) is 0 Å². The van der Waals surface area contributed by atoms with Crippen LogP contribution in [0.3, 0.4) is 0 Å². The topological polar surface area (TPSA) is 33.5 Å². The molecule has 0 saturated heterocycles. The zero-order valence-corrected chi connectivity index (χ0v) is 16.3. The first-order valence-corrected chi connectivity index (χ1v) is 10.7. The molecule has 3 heteroatoms. The van der Waals surface area contributed by atoms with Crippen molar-refractivity contribution in [3.8, 4) is 0 Å². The summed E-state index contributed by atoms with van der Waals surface area (Å²) in [7, 11) is 4.35. The maximum absolute atomic E-state index is 12.7. The highest BCUT2D eigenvalue weighted by atomic mass is 16.1. The van der Waals surface area contributed by atoms with Gasteiger partial charge in [-0.2, -0.15) is 0 Å². The lowest BCUT2D eigenvalue weighted by atomic mass is 9.61. The van der Waals surface area contributed by atoms with E-state index in [-0.39, 0.29) is 0 Å². The lowest BCUT2D eigenvalue weighted by Crippen LogP contribution is -3.05. The number of quaternary nitrogens is 1. The molecule has 0 aromatic carbocycles. The Kier molecular flexibility index (Phi) is 8.58. The monoisotopic (exact) mass is 337 g/mol. The molecule has 140 valence electrons. The summed E-state index contributed by atoms with van der Waals surface area (Å²) in [5.41, 5.74) is 0.317. The third-order valence-corrected chi connectivity index (χ3v) is 6.51. The van der Waals surface area contributed by atoms with Crippen LogP contribution >= 0.6 is 0 Å². The van der Waals surface area contributed by atoms with Gasteiger partial charge in [-0.15, -0.1) is 0 Å². The first-order valence-electron chi connectivity index (χ1n) is 10.7. The molecule has 0 atom stereocenters. The minimum atomic E-state index is 0.317. The fraction of sp³-hybridized carbons (Fsp3) is 0.952. The highest BCUT2D eigenvalue weighted by Crippen LogP contribution is 2.49. The minimum absolute atomic E-state index is 0.317. The van der Waals surface area contributed by atoms with E-state index in [1.54, 1.807) is 0 Å². The molecule has 0 spiro atoms. The van der Waals surface area contributed by atoms with Crippen LogP contribution in [0.25, 0.3) is 0 Å². The van der Waals surface area contributed by atoms with Crippen LogP contribution in [-0.4, -0.2) is 33.1 Å². The molecule has 0 unspecified atom stereocenters. The maximum Gasteiger partial charge on any atom is 0.220 e. The van der Waals surface area contributed by atoms with E-state index in [1.807, 2.05) is 0 Å². The van der Waals surface area contributed by atoms with Crippen LogP contribution in [0, 0.1) is 11.3 Å². The van der Waals surface area contributed by atoms with Crippen LogP contribution in [0.15, 0.2) is 0 Å². The highest BCUT2D eigenvalue weighted by Gasteiger charge is 2.40. The molecule has 3 nitrogen and oxygen atoms in total. The second kappa shape index (κ2) is 10.4.